The van der Waals surface area contributed by atoms with Gasteiger partial charge < -0.3 is 10.6 Å². The van der Waals surface area contributed by atoms with Gasteiger partial charge in [0.25, 0.3) is 5.91 Å². The Bertz CT molecular complexity index is 1020. The molecule has 3 rings (SSSR count). The van der Waals surface area contributed by atoms with Gasteiger partial charge in [-0.05, 0) is 36.6 Å². The number of hydrogen-bond acceptors (Lipinski definition) is 4. The molecule has 1 saturated heterocycles. The van der Waals surface area contributed by atoms with Crippen LogP contribution in [0.15, 0.2) is 53.4 Å². The second kappa shape index (κ2) is 10.7. The molecule has 0 spiro atoms. The van der Waals surface area contributed by atoms with Crippen LogP contribution in [0.25, 0.3) is 0 Å². The van der Waals surface area contributed by atoms with Gasteiger partial charge in [0.05, 0.1) is 5.02 Å². The average Bonchev–Trinajstić information content (AvgIpc) is 2.79. The molecule has 0 unspecified atom stereocenters. The first-order valence-corrected chi connectivity index (χ1v) is 12.1. The largest absolute Gasteiger partial charge is 0.352 e. The number of carbonyl (C=O) groups is 2. The topological polar surface area (TPSA) is 95.6 Å². The minimum atomic E-state index is -3.76. The molecule has 0 bridgehead atoms. The van der Waals surface area contributed by atoms with E-state index in [1.165, 1.54) is 22.5 Å². The van der Waals surface area contributed by atoms with Gasteiger partial charge in [-0.2, -0.15) is 4.31 Å². The van der Waals surface area contributed by atoms with Gasteiger partial charge in [0.2, 0.25) is 15.9 Å². The molecule has 2 N–H and O–H groups in total. The molecular weight excluding hydrogens is 438 g/mol. The smallest absolute Gasteiger partial charge is 0.251 e. The maximum Gasteiger partial charge on any atom is 0.251 e. The van der Waals surface area contributed by atoms with Crippen LogP contribution in [-0.2, 0) is 21.4 Å². The molecule has 2 aromatic carbocycles. The summed E-state index contributed by atoms with van der Waals surface area (Å²) in [6.45, 7) is 1.46. The summed E-state index contributed by atoms with van der Waals surface area (Å²) in [5.41, 5.74) is 1.17. The van der Waals surface area contributed by atoms with Crippen molar-refractivity contribution in [3.63, 3.8) is 0 Å². The number of piperidine rings is 1. The Morgan fingerprint density at radius 2 is 1.68 bits per heavy atom. The van der Waals surface area contributed by atoms with Gasteiger partial charge in [0.15, 0.2) is 0 Å². The van der Waals surface area contributed by atoms with Crippen molar-refractivity contribution in [2.24, 2.45) is 0 Å². The highest BCUT2D eigenvalue weighted by Crippen LogP contribution is 2.27. The zero-order valence-corrected chi connectivity index (χ0v) is 18.7. The molecule has 1 heterocycles. The Morgan fingerprint density at radius 1 is 0.968 bits per heavy atom. The SMILES string of the molecule is O=C(CCNC(=O)c1ccc(Cl)c(S(=O)(=O)N2CCCCC2)c1)NCc1ccccc1. The summed E-state index contributed by atoms with van der Waals surface area (Å²) in [4.78, 5) is 24.4. The monoisotopic (exact) mass is 463 g/mol. The number of carbonyl (C=O) groups excluding carboxylic acids is 2. The van der Waals surface area contributed by atoms with Crippen LogP contribution in [0.1, 0.15) is 41.6 Å². The van der Waals surface area contributed by atoms with Crippen LogP contribution in [-0.4, -0.2) is 44.2 Å². The zero-order chi connectivity index (χ0) is 22.3. The molecule has 1 fully saturated rings. The number of nitrogens with zero attached hydrogens (tertiary/aromatic N) is 1. The Balaban J connectivity index is 1.55. The van der Waals surface area contributed by atoms with Crippen molar-refractivity contribution in [3.05, 3.63) is 64.7 Å². The van der Waals surface area contributed by atoms with E-state index in [4.69, 9.17) is 11.6 Å². The van der Waals surface area contributed by atoms with Crippen molar-refractivity contribution in [3.8, 4) is 0 Å². The molecule has 0 aromatic heterocycles. The van der Waals surface area contributed by atoms with E-state index in [0.29, 0.717) is 19.6 Å². The maximum atomic E-state index is 12.9. The van der Waals surface area contributed by atoms with Crippen LogP contribution < -0.4 is 10.6 Å². The average molecular weight is 464 g/mol. The molecule has 0 aliphatic carbocycles. The van der Waals surface area contributed by atoms with Crippen molar-refractivity contribution in [2.45, 2.75) is 37.1 Å². The van der Waals surface area contributed by atoms with Crippen LogP contribution in [0.4, 0.5) is 0 Å². The molecular formula is C22H26ClN3O4S. The van der Waals surface area contributed by atoms with E-state index in [0.717, 1.165) is 24.8 Å². The van der Waals surface area contributed by atoms with Crippen molar-refractivity contribution >= 4 is 33.4 Å². The lowest BCUT2D eigenvalue weighted by atomic mass is 10.2. The predicted octanol–water partition coefficient (Wildman–Crippen LogP) is 2.95. The minimum Gasteiger partial charge on any atom is -0.352 e. The number of amides is 2. The van der Waals surface area contributed by atoms with E-state index >= 15 is 0 Å². The first-order valence-electron chi connectivity index (χ1n) is 10.3. The summed E-state index contributed by atoms with van der Waals surface area (Å²) >= 11 is 6.15. The van der Waals surface area contributed by atoms with Crippen LogP contribution in [0, 0.1) is 0 Å². The number of benzene rings is 2. The highest BCUT2D eigenvalue weighted by molar-refractivity contribution is 7.89. The maximum absolute atomic E-state index is 12.9. The van der Waals surface area contributed by atoms with E-state index < -0.39 is 15.9 Å². The zero-order valence-electron chi connectivity index (χ0n) is 17.1. The molecule has 1 aliphatic heterocycles. The third-order valence-corrected chi connectivity index (χ3v) is 7.48. The number of nitrogens with one attached hydrogen (secondary N) is 2. The highest BCUT2D eigenvalue weighted by Gasteiger charge is 2.28. The molecule has 2 amide bonds. The van der Waals surface area contributed by atoms with Crippen molar-refractivity contribution in [2.75, 3.05) is 19.6 Å². The summed E-state index contributed by atoms with van der Waals surface area (Å²) < 4.78 is 27.3. The standard InChI is InChI=1S/C22H26ClN3O4S/c23-19-10-9-18(15-20(19)31(29,30)26-13-5-2-6-14-26)22(28)24-12-11-21(27)25-16-17-7-3-1-4-8-17/h1,3-4,7-10,15H,2,5-6,11-14,16H2,(H,24,28)(H,25,27). The fourth-order valence-corrected chi connectivity index (χ4v) is 5.38. The van der Waals surface area contributed by atoms with E-state index in [2.05, 4.69) is 10.6 Å². The Labute approximate surface area is 187 Å². The fraction of sp³-hybridized carbons (Fsp3) is 0.364. The summed E-state index contributed by atoms with van der Waals surface area (Å²) in [5, 5.41) is 5.53. The van der Waals surface area contributed by atoms with Crippen LogP contribution >= 0.6 is 11.6 Å². The minimum absolute atomic E-state index is 0.0654. The normalized spacial score (nSPS) is 14.7. The molecule has 7 nitrogen and oxygen atoms in total. The number of hydrogen-bond donors (Lipinski definition) is 2. The number of rotatable bonds is 8. The van der Waals surface area contributed by atoms with Crippen molar-refractivity contribution < 1.29 is 18.0 Å². The first kappa shape index (κ1) is 23.2. The van der Waals surface area contributed by atoms with Crippen LogP contribution in [0.5, 0.6) is 0 Å². The summed E-state index contributed by atoms with van der Waals surface area (Å²) in [7, 11) is -3.76. The molecule has 2 aromatic rings. The van der Waals surface area contributed by atoms with Gasteiger partial charge in [-0.1, -0.05) is 48.4 Å². The van der Waals surface area contributed by atoms with E-state index in [1.54, 1.807) is 0 Å². The molecule has 31 heavy (non-hydrogen) atoms. The van der Waals surface area contributed by atoms with Gasteiger partial charge in [0, 0.05) is 38.2 Å². The van der Waals surface area contributed by atoms with Crippen molar-refractivity contribution in [1.82, 2.24) is 14.9 Å². The number of halogens is 1. The molecule has 166 valence electrons. The first-order chi connectivity index (χ1) is 14.9. The summed E-state index contributed by atoms with van der Waals surface area (Å²) in [6.07, 6.45) is 2.74. The summed E-state index contributed by atoms with van der Waals surface area (Å²) in [5.74, 6) is -0.642. The molecule has 9 heteroatoms. The Kier molecular flexibility index (Phi) is 8.06. The third kappa shape index (κ3) is 6.29. The van der Waals surface area contributed by atoms with E-state index in [1.807, 2.05) is 30.3 Å². The van der Waals surface area contributed by atoms with Gasteiger partial charge in [-0.25, -0.2) is 8.42 Å². The molecule has 0 atom stereocenters. The lowest BCUT2D eigenvalue weighted by Crippen LogP contribution is -2.36. The van der Waals surface area contributed by atoms with Gasteiger partial charge in [-0.15, -0.1) is 0 Å². The second-order valence-corrected chi connectivity index (χ2v) is 9.69. The molecule has 0 radical (unpaired) electrons. The lowest BCUT2D eigenvalue weighted by molar-refractivity contribution is -0.121. The number of sulfonamides is 1. The summed E-state index contributed by atoms with van der Waals surface area (Å²) in [6, 6.07) is 13.7. The Morgan fingerprint density at radius 3 is 2.39 bits per heavy atom. The van der Waals surface area contributed by atoms with Crippen molar-refractivity contribution in [1.29, 1.82) is 0 Å². The highest BCUT2D eigenvalue weighted by atomic mass is 35.5. The molecule has 1 aliphatic rings. The van der Waals surface area contributed by atoms with Gasteiger partial charge in [-0.3, -0.25) is 9.59 Å². The lowest BCUT2D eigenvalue weighted by Gasteiger charge is -2.26. The molecule has 0 saturated carbocycles. The Hall–Kier alpha value is -2.42. The predicted molar refractivity (Wildman–Crippen MR) is 119 cm³/mol. The quantitative estimate of drug-likeness (QED) is 0.629. The van der Waals surface area contributed by atoms with Crippen LogP contribution in [0.3, 0.4) is 0 Å². The fourth-order valence-electron chi connectivity index (χ4n) is 3.36. The van der Waals surface area contributed by atoms with Crippen LogP contribution in [0.2, 0.25) is 5.02 Å². The van der Waals surface area contributed by atoms with Gasteiger partial charge in [0.1, 0.15) is 4.90 Å². The second-order valence-electron chi connectivity index (χ2n) is 7.38. The van der Waals surface area contributed by atoms with Gasteiger partial charge >= 0.3 is 0 Å². The third-order valence-electron chi connectivity index (χ3n) is 5.10. The van der Waals surface area contributed by atoms with E-state index in [-0.39, 0.29) is 34.4 Å². The van der Waals surface area contributed by atoms with E-state index in [9.17, 15) is 18.0 Å².